The Hall–Kier alpha value is -2.77. The van der Waals surface area contributed by atoms with Crippen LogP contribution in [0.5, 0.6) is 0 Å². The maximum atomic E-state index is 13.3. The van der Waals surface area contributed by atoms with E-state index >= 15 is 0 Å². The van der Waals surface area contributed by atoms with Gasteiger partial charge in [-0.25, -0.2) is 13.8 Å². The lowest BCUT2D eigenvalue weighted by molar-refractivity contribution is -0.0494. The summed E-state index contributed by atoms with van der Waals surface area (Å²) in [5.74, 6) is -2.92. The second-order valence-electron chi connectivity index (χ2n) is 6.52. The number of nitrogens with zero attached hydrogens (tertiary/aromatic N) is 5. The van der Waals surface area contributed by atoms with Crippen LogP contribution in [0.4, 0.5) is 8.78 Å². The van der Waals surface area contributed by atoms with Gasteiger partial charge in [-0.1, -0.05) is 0 Å². The van der Waals surface area contributed by atoms with E-state index in [1.54, 1.807) is 12.3 Å². The van der Waals surface area contributed by atoms with Crippen LogP contribution in [0.3, 0.4) is 0 Å². The van der Waals surface area contributed by atoms with Gasteiger partial charge in [0.2, 0.25) is 0 Å². The van der Waals surface area contributed by atoms with Gasteiger partial charge in [-0.2, -0.15) is 5.10 Å². The second-order valence-corrected chi connectivity index (χ2v) is 6.52. The van der Waals surface area contributed by atoms with Gasteiger partial charge >= 0.3 is 0 Å². The van der Waals surface area contributed by atoms with E-state index < -0.39 is 5.92 Å². The van der Waals surface area contributed by atoms with Crippen LogP contribution < -0.4 is 0 Å². The number of pyridine rings is 1. The summed E-state index contributed by atoms with van der Waals surface area (Å²) in [4.78, 5) is 18.5. The average Bonchev–Trinajstić information content (AvgIpc) is 3.27. The predicted octanol–water partition coefficient (Wildman–Crippen LogP) is 3.11. The van der Waals surface area contributed by atoms with Crippen LogP contribution in [0.1, 0.15) is 30.1 Å². The van der Waals surface area contributed by atoms with Crippen molar-refractivity contribution in [2.75, 3.05) is 13.1 Å². The number of alkyl halides is 2. The van der Waals surface area contributed by atoms with Gasteiger partial charge in [0, 0.05) is 56.5 Å². The van der Waals surface area contributed by atoms with E-state index in [-0.39, 0.29) is 31.8 Å². The Labute approximate surface area is 149 Å². The van der Waals surface area contributed by atoms with Crippen LogP contribution in [0.2, 0.25) is 0 Å². The van der Waals surface area contributed by atoms with Crippen molar-refractivity contribution < 1.29 is 13.6 Å². The molecular formula is C18H19F2N5O. The van der Waals surface area contributed by atoms with Crippen LogP contribution in [0.25, 0.3) is 16.7 Å². The number of fused-ring (bicyclic) bond motifs is 1. The summed E-state index contributed by atoms with van der Waals surface area (Å²) < 4.78 is 30.3. The molecule has 3 aromatic heterocycles. The maximum Gasteiger partial charge on any atom is 0.255 e. The Bertz CT molecular complexity index is 952. The smallest absolute Gasteiger partial charge is 0.255 e. The van der Waals surface area contributed by atoms with Gasteiger partial charge in [-0.15, -0.1) is 0 Å². The molecule has 1 aliphatic rings. The molecule has 3 aromatic rings. The molecule has 0 saturated carbocycles. The largest absolute Gasteiger partial charge is 0.338 e. The van der Waals surface area contributed by atoms with E-state index in [1.807, 2.05) is 34.6 Å². The minimum Gasteiger partial charge on any atom is -0.338 e. The summed E-state index contributed by atoms with van der Waals surface area (Å²) in [5.41, 5.74) is 2.04. The molecule has 0 atom stereocenters. The fourth-order valence-corrected chi connectivity index (χ4v) is 3.22. The molecule has 0 aliphatic carbocycles. The molecule has 0 radical (unpaired) electrons. The minimum absolute atomic E-state index is 0.0705. The van der Waals surface area contributed by atoms with Gasteiger partial charge in [-0.3, -0.25) is 14.0 Å². The van der Waals surface area contributed by atoms with Crippen molar-refractivity contribution in [3.05, 3.63) is 42.5 Å². The third-order valence-electron chi connectivity index (χ3n) is 4.78. The molecule has 1 aliphatic heterocycles. The molecule has 136 valence electrons. The van der Waals surface area contributed by atoms with Gasteiger partial charge in [0.15, 0.2) is 0 Å². The topological polar surface area (TPSA) is 56.0 Å². The number of aryl methyl sites for hydroxylation is 1. The van der Waals surface area contributed by atoms with E-state index in [2.05, 4.69) is 10.1 Å². The third-order valence-corrected chi connectivity index (χ3v) is 4.78. The number of halogens is 2. The number of likely N-dealkylation sites (tertiary alicyclic amines) is 1. The number of aromatic nitrogens is 4. The van der Waals surface area contributed by atoms with Crippen LogP contribution >= 0.6 is 0 Å². The van der Waals surface area contributed by atoms with Gasteiger partial charge < -0.3 is 4.90 Å². The number of hydrogen-bond acceptors (Lipinski definition) is 3. The summed E-state index contributed by atoms with van der Waals surface area (Å²) in [7, 11) is 0. The minimum atomic E-state index is -2.67. The zero-order chi connectivity index (χ0) is 18.3. The molecule has 26 heavy (non-hydrogen) atoms. The molecule has 0 aromatic carbocycles. The quantitative estimate of drug-likeness (QED) is 0.722. The molecule has 0 bridgehead atoms. The normalized spacial score (nSPS) is 17.0. The van der Waals surface area contributed by atoms with Gasteiger partial charge in [-0.05, 0) is 19.1 Å². The summed E-state index contributed by atoms with van der Waals surface area (Å²) >= 11 is 0. The highest BCUT2D eigenvalue weighted by atomic mass is 19.3. The highest BCUT2D eigenvalue weighted by molar-refractivity contribution is 5.97. The number of rotatable bonds is 3. The van der Waals surface area contributed by atoms with E-state index in [4.69, 9.17) is 0 Å². The SMILES string of the molecule is CCn1cc(-n2ccc3cc(C(=O)N4CCC(F)(F)CC4)cnc32)cn1. The summed E-state index contributed by atoms with van der Waals surface area (Å²) in [5, 5.41) is 5.08. The first-order valence-electron chi connectivity index (χ1n) is 8.64. The Morgan fingerprint density at radius 1 is 1.27 bits per heavy atom. The molecule has 0 N–H and O–H groups in total. The predicted molar refractivity (Wildman–Crippen MR) is 92.6 cm³/mol. The van der Waals surface area contributed by atoms with Gasteiger partial charge in [0.05, 0.1) is 17.4 Å². The first-order chi connectivity index (χ1) is 12.5. The Morgan fingerprint density at radius 2 is 2.04 bits per heavy atom. The van der Waals surface area contributed by atoms with Crippen molar-refractivity contribution in [2.24, 2.45) is 0 Å². The molecule has 0 unspecified atom stereocenters. The van der Waals surface area contributed by atoms with Gasteiger partial charge in [0.25, 0.3) is 11.8 Å². The molecule has 1 saturated heterocycles. The summed E-state index contributed by atoms with van der Waals surface area (Å²) in [6.07, 6.45) is 6.51. The van der Waals surface area contributed by atoms with Crippen LogP contribution in [-0.4, -0.2) is 49.2 Å². The van der Waals surface area contributed by atoms with Crippen molar-refractivity contribution in [3.8, 4) is 5.69 Å². The van der Waals surface area contributed by atoms with Crippen LogP contribution in [0.15, 0.2) is 36.9 Å². The lowest BCUT2D eigenvalue weighted by Crippen LogP contribution is -2.42. The molecule has 8 heteroatoms. The number of piperidine rings is 1. The highest BCUT2D eigenvalue weighted by Gasteiger charge is 2.35. The zero-order valence-electron chi connectivity index (χ0n) is 14.4. The Kier molecular flexibility index (Phi) is 3.97. The first kappa shape index (κ1) is 16.7. The Morgan fingerprint density at radius 3 is 2.73 bits per heavy atom. The van der Waals surface area contributed by atoms with Gasteiger partial charge in [0.1, 0.15) is 5.65 Å². The number of hydrogen-bond donors (Lipinski definition) is 0. The van der Waals surface area contributed by atoms with E-state index in [0.717, 1.165) is 23.3 Å². The van der Waals surface area contributed by atoms with Crippen molar-refractivity contribution in [3.63, 3.8) is 0 Å². The number of carbonyl (C=O) groups is 1. The molecule has 1 amide bonds. The third kappa shape index (κ3) is 2.95. The maximum absolute atomic E-state index is 13.3. The van der Waals surface area contributed by atoms with Crippen LogP contribution in [-0.2, 0) is 6.54 Å². The van der Waals surface area contributed by atoms with E-state index in [0.29, 0.717) is 5.56 Å². The lowest BCUT2D eigenvalue weighted by Gasteiger charge is -2.31. The van der Waals surface area contributed by atoms with E-state index in [1.165, 1.54) is 11.1 Å². The molecule has 4 rings (SSSR count). The molecule has 6 nitrogen and oxygen atoms in total. The lowest BCUT2D eigenvalue weighted by atomic mass is 10.1. The highest BCUT2D eigenvalue weighted by Crippen LogP contribution is 2.28. The van der Waals surface area contributed by atoms with Crippen molar-refractivity contribution in [1.29, 1.82) is 0 Å². The monoisotopic (exact) mass is 359 g/mol. The average molecular weight is 359 g/mol. The van der Waals surface area contributed by atoms with Crippen molar-refractivity contribution >= 4 is 16.9 Å². The first-order valence-corrected chi connectivity index (χ1v) is 8.64. The van der Waals surface area contributed by atoms with E-state index in [9.17, 15) is 13.6 Å². The van der Waals surface area contributed by atoms with Crippen molar-refractivity contribution in [2.45, 2.75) is 32.2 Å². The number of amides is 1. The molecule has 1 fully saturated rings. The summed E-state index contributed by atoms with van der Waals surface area (Å²) in [6, 6.07) is 3.64. The van der Waals surface area contributed by atoms with Crippen molar-refractivity contribution in [1.82, 2.24) is 24.2 Å². The van der Waals surface area contributed by atoms with Crippen LogP contribution in [0, 0.1) is 0 Å². The fourth-order valence-electron chi connectivity index (χ4n) is 3.22. The zero-order valence-corrected chi connectivity index (χ0v) is 14.4. The standard InChI is InChI=1S/C18H19F2N5O/c1-2-24-12-15(11-22-24)25-6-3-13-9-14(10-21-16(13)25)17(26)23-7-4-18(19,20)5-8-23/h3,6,9-12H,2,4-5,7-8H2,1H3. The second kappa shape index (κ2) is 6.19. The molecule has 0 spiro atoms. The molecular weight excluding hydrogens is 340 g/mol. The molecule has 4 heterocycles. The number of carbonyl (C=O) groups excluding carboxylic acids is 1. The fraction of sp³-hybridized carbons (Fsp3) is 0.389. The summed E-state index contributed by atoms with van der Waals surface area (Å²) in [6.45, 7) is 2.93. The Balaban J connectivity index is 1.60.